The van der Waals surface area contributed by atoms with Crippen molar-refractivity contribution in [3.63, 3.8) is 0 Å². The number of hydrogen-bond acceptors (Lipinski definition) is 3. The van der Waals surface area contributed by atoms with Gasteiger partial charge >= 0.3 is 5.84 Å². The number of Topliss-reactive ketones (excluding diaryl/α,β-unsaturated/α-hetero) is 1. The van der Waals surface area contributed by atoms with Crippen molar-refractivity contribution in [2.24, 2.45) is 5.10 Å². The molecule has 1 heterocycles. The average molecular weight is 352 g/mol. The quantitative estimate of drug-likeness (QED) is 0.196. The largest absolute Gasteiger partial charge is 0.400 e. The summed E-state index contributed by atoms with van der Waals surface area (Å²) >= 11 is 0. The van der Waals surface area contributed by atoms with Crippen LogP contribution in [0.3, 0.4) is 0 Å². The number of para-hydroxylation sites is 1. The molecule has 0 amide bonds. The molecule has 0 atom stereocenters. The van der Waals surface area contributed by atoms with Crippen LogP contribution in [0.1, 0.15) is 10.4 Å². The van der Waals surface area contributed by atoms with Crippen LogP contribution in [0.2, 0.25) is 0 Å². The smallest absolute Gasteiger partial charge is 0.280 e. The molecule has 4 rings (SSSR count). The number of carbonyl (C=O) groups is 1. The molecule has 0 saturated heterocycles. The molecule has 0 radical (unpaired) electrons. The number of nitrogens with one attached hydrogen (secondary N) is 1. The van der Waals surface area contributed by atoms with Crippen molar-refractivity contribution in [1.29, 1.82) is 0 Å². The molecule has 27 heavy (non-hydrogen) atoms. The van der Waals surface area contributed by atoms with Crippen LogP contribution in [-0.2, 0) is 0 Å². The Labute approximate surface area is 157 Å². The van der Waals surface area contributed by atoms with Gasteiger partial charge in [0.25, 0.3) is 5.78 Å². The third-order valence-electron chi connectivity index (χ3n) is 4.24. The molecule has 0 aliphatic heterocycles. The summed E-state index contributed by atoms with van der Waals surface area (Å²) in [6.45, 7) is 0. The molecule has 4 heteroatoms. The molecule has 0 saturated carbocycles. The lowest BCUT2D eigenvalue weighted by Crippen LogP contribution is -2.47. The Morgan fingerprint density at radius 3 is 2.19 bits per heavy atom. The molecule has 0 aliphatic rings. The maximum absolute atomic E-state index is 13.2. The zero-order valence-electron chi connectivity index (χ0n) is 14.6. The van der Waals surface area contributed by atoms with Gasteiger partial charge in [-0.3, -0.25) is 4.79 Å². The molecule has 130 valence electrons. The van der Waals surface area contributed by atoms with E-state index in [-0.39, 0.29) is 5.78 Å². The molecule has 0 bridgehead atoms. The van der Waals surface area contributed by atoms with Crippen molar-refractivity contribution >= 4 is 28.1 Å². The number of hydrazone groups is 1. The first kappa shape index (κ1) is 16.7. The number of nitrogens with zero attached hydrogens (tertiary/aromatic N) is 2. The van der Waals surface area contributed by atoms with E-state index in [0.717, 1.165) is 16.5 Å². The summed E-state index contributed by atoms with van der Waals surface area (Å²) in [6.07, 6.45) is 3.62. The Hall–Kier alpha value is -3.79. The Bertz CT molecular complexity index is 1110. The first-order valence-corrected chi connectivity index (χ1v) is 8.70. The molecular formula is C23H18N3O+. The zero-order valence-corrected chi connectivity index (χ0v) is 14.6. The van der Waals surface area contributed by atoms with Gasteiger partial charge in [0.15, 0.2) is 0 Å². The standard InChI is InChI=1S/C23H17N3O/c27-22(20-14-13-18-9-5-6-10-19(18)17-20)23(26-15-7-2-8-16-26)25-24-21-11-3-1-4-12-21/h1-17H/p+1. The highest BCUT2D eigenvalue weighted by Crippen LogP contribution is 2.16. The van der Waals surface area contributed by atoms with Gasteiger partial charge < -0.3 is 0 Å². The minimum absolute atomic E-state index is 0.152. The Morgan fingerprint density at radius 2 is 1.41 bits per heavy atom. The van der Waals surface area contributed by atoms with Gasteiger partial charge in [0.05, 0.1) is 23.2 Å². The van der Waals surface area contributed by atoms with Crippen LogP contribution >= 0.6 is 0 Å². The monoisotopic (exact) mass is 352 g/mol. The Balaban J connectivity index is 1.73. The van der Waals surface area contributed by atoms with E-state index in [9.17, 15) is 4.79 Å². The lowest BCUT2D eigenvalue weighted by Gasteiger charge is -2.03. The topological polar surface area (TPSA) is 45.3 Å². The fourth-order valence-corrected chi connectivity index (χ4v) is 2.86. The van der Waals surface area contributed by atoms with Crippen LogP contribution in [0.15, 0.2) is 108 Å². The minimum Gasteiger partial charge on any atom is -0.280 e. The second-order valence-corrected chi connectivity index (χ2v) is 6.09. The predicted octanol–water partition coefficient (Wildman–Crippen LogP) is 4.28. The fraction of sp³-hybridized carbons (Fsp3) is 0. The van der Waals surface area contributed by atoms with Crippen LogP contribution in [0.25, 0.3) is 10.8 Å². The van der Waals surface area contributed by atoms with Gasteiger partial charge in [-0.15, -0.1) is 0 Å². The van der Waals surface area contributed by atoms with Crippen LogP contribution in [0, 0.1) is 0 Å². The van der Waals surface area contributed by atoms with E-state index in [1.165, 1.54) is 0 Å². The number of ketones is 1. The van der Waals surface area contributed by atoms with Gasteiger partial charge in [0.2, 0.25) is 0 Å². The number of benzene rings is 3. The van der Waals surface area contributed by atoms with Crippen LogP contribution in [0.5, 0.6) is 0 Å². The number of pyridine rings is 1. The lowest BCUT2D eigenvalue weighted by atomic mass is 10.0. The number of fused-ring (bicyclic) bond motifs is 1. The average Bonchev–Trinajstić information content (AvgIpc) is 2.75. The minimum atomic E-state index is -0.152. The van der Waals surface area contributed by atoms with Crippen molar-refractivity contribution in [3.05, 3.63) is 109 Å². The first-order chi connectivity index (χ1) is 13.3. The van der Waals surface area contributed by atoms with Crippen molar-refractivity contribution in [2.45, 2.75) is 0 Å². The third-order valence-corrected chi connectivity index (χ3v) is 4.24. The van der Waals surface area contributed by atoms with Crippen molar-refractivity contribution in [1.82, 2.24) is 0 Å². The van der Waals surface area contributed by atoms with Gasteiger partial charge in [-0.25, -0.2) is 0 Å². The normalized spacial score (nSPS) is 11.3. The summed E-state index contributed by atoms with van der Waals surface area (Å²) in [7, 11) is 0. The fourth-order valence-electron chi connectivity index (χ4n) is 2.86. The van der Waals surface area contributed by atoms with Crippen molar-refractivity contribution in [2.75, 3.05) is 5.43 Å². The molecule has 1 N–H and O–H groups in total. The van der Waals surface area contributed by atoms with E-state index in [4.69, 9.17) is 0 Å². The van der Waals surface area contributed by atoms with Gasteiger partial charge in [-0.1, -0.05) is 60.7 Å². The number of hydrogen-bond donors (Lipinski definition) is 1. The molecule has 0 unspecified atom stereocenters. The summed E-state index contributed by atoms with van der Waals surface area (Å²) in [6, 6.07) is 28.9. The summed E-state index contributed by atoms with van der Waals surface area (Å²) in [5.74, 6) is 0.148. The van der Waals surface area contributed by atoms with Gasteiger partial charge in [0.1, 0.15) is 0 Å². The number of carbonyl (C=O) groups excluding carboxylic acids is 1. The Morgan fingerprint density at radius 1 is 0.741 bits per heavy atom. The number of anilines is 1. The van der Waals surface area contributed by atoms with Gasteiger partial charge in [-0.05, 0) is 41.1 Å². The predicted molar refractivity (Wildman–Crippen MR) is 108 cm³/mol. The molecule has 0 spiro atoms. The Kier molecular flexibility index (Phi) is 4.70. The zero-order chi connectivity index (χ0) is 18.5. The van der Waals surface area contributed by atoms with E-state index in [0.29, 0.717) is 11.4 Å². The SMILES string of the molecule is O=C(C(=NNc1ccccc1)[n+]1ccccc1)c1ccc2ccccc2c1. The first-order valence-electron chi connectivity index (χ1n) is 8.70. The highest BCUT2D eigenvalue weighted by molar-refractivity contribution is 6.42. The van der Waals surface area contributed by atoms with Crippen molar-refractivity contribution < 1.29 is 9.36 Å². The van der Waals surface area contributed by atoms with E-state index < -0.39 is 0 Å². The highest BCUT2D eigenvalue weighted by atomic mass is 16.1. The molecule has 4 aromatic rings. The molecule has 4 nitrogen and oxygen atoms in total. The number of aromatic nitrogens is 1. The third kappa shape index (κ3) is 3.75. The maximum Gasteiger partial charge on any atom is 0.400 e. The van der Waals surface area contributed by atoms with E-state index in [1.54, 1.807) is 4.57 Å². The molecule has 1 aromatic heterocycles. The summed E-state index contributed by atoms with van der Waals surface area (Å²) < 4.78 is 1.72. The van der Waals surface area contributed by atoms with E-state index in [2.05, 4.69) is 10.5 Å². The van der Waals surface area contributed by atoms with Crippen LogP contribution in [0.4, 0.5) is 5.69 Å². The number of rotatable bonds is 4. The molecule has 0 fully saturated rings. The summed E-state index contributed by atoms with van der Waals surface area (Å²) in [5, 5.41) is 6.52. The van der Waals surface area contributed by atoms with Gasteiger partial charge in [-0.2, -0.15) is 9.99 Å². The van der Waals surface area contributed by atoms with Crippen LogP contribution < -0.4 is 9.99 Å². The van der Waals surface area contributed by atoms with Gasteiger partial charge in [0, 0.05) is 5.56 Å². The summed E-state index contributed by atoms with van der Waals surface area (Å²) in [5.41, 5.74) is 4.39. The van der Waals surface area contributed by atoms with E-state index >= 15 is 0 Å². The highest BCUT2D eigenvalue weighted by Gasteiger charge is 2.25. The summed E-state index contributed by atoms with van der Waals surface area (Å²) in [4.78, 5) is 13.2. The van der Waals surface area contributed by atoms with Crippen LogP contribution in [-0.4, -0.2) is 11.6 Å². The second kappa shape index (κ2) is 7.62. The molecule has 0 aliphatic carbocycles. The van der Waals surface area contributed by atoms with E-state index in [1.807, 2.05) is 103 Å². The van der Waals surface area contributed by atoms with Crippen molar-refractivity contribution in [3.8, 4) is 0 Å². The molecule has 3 aromatic carbocycles. The maximum atomic E-state index is 13.2. The molecular weight excluding hydrogens is 334 g/mol. The lowest BCUT2D eigenvalue weighted by molar-refractivity contribution is -0.552. The second-order valence-electron chi connectivity index (χ2n) is 6.09.